The zero-order valence-electron chi connectivity index (χ0n) is 19.6. The van der Waals surface area contributed by atoms with Crippen molar-refractivity contribution < 1.29 is 15.0 Å². The van der Waals surface area contributed by atoms with E-state index in [2.05, 4.69) is 4.98 Å². The molecule has 0 saturated carbocycles. The van der Waals surface area contributed by atoms with Crippen molar-refractivity contribution >= 4 is 40.6 Å². The van der Waals surface area contributed by atoms with Crippen LogP contribution in [0.15, 0.2) is 78.9 Å². The number of pyridine rings is 1. The van der Waals surface area contributed by atoms with E-state index in [9.17, 15) is 15.0 Å². The summed E-state index contributed by atoms with van der Waals surface area (Å²) in [7, 11) is 0. The molecule has 1 aromatic heterocycles. The Morgan fingerprint density at radius 3 is 2.60 bits per heavy atom. The van der Waals surface area contributed by atoms with Crippen molar-refractivity contribution in [1.82, 2.24) is 4.98 Å². The van der Waals surface area contributed by atoms with Gasteiger partial charge in [-0.1, -0.05) is 79.2 Å². The average molecular weight is 486 g/mol. The molecule has 1 heterocycles. The van der Waals surface area contributed by atoms with E-state index >= 15 is 0 Å². The highest BCUT2D eigenvalue weighted by molar-refractivity contribution is 6.31. The summed E-state index contributed by atoms with van der Waals surface area (Å²) in [6.45, 7) is 1.88. The number of hydrogen-bond donors (Lipinski definition) is 2. The van der Waals surface area contributed by atoms with Crippen LogP contribution < -0.4 is 0 Å². The third-order valence-corrected chi connectivity index (χ3v) is 6.48. The number of rotatable bonds is 9. The highest BCUT2D eigenvalue weighted by Gasteiger charge is 2.20. The molecule has 4 aromatic rings. The Morgan fingerprint density at radius 1 is 1.00 bits per heavy atom. The number of carboxylic acid groups (broad SMARTS) is 1. The largest absolute Gasteiger partial charge is 0.481 e. The Kier molecular flexibility index (Phi) is 7.96. The molecular weight excluding hydrogens is 458 g/mol. The summed E-state index contributed by atoms with van der Waals surface area (Å²) in [4.78, 5) is 16.3. The highest BCUT2D eigenvalue weighted by atomic mass is 35.5. The lowest BCUT2D eigenvalue weighted by atomic mass is 9.89. The van der Waals surface area contributed by atoms with Gasteiger partial charge in [0.05, 0.1) is 23.2 Å². The SMILES string of the molecule is CCC(C(=O)O)c1ccccc1CCC(O)c1cccc(/C=C/c2ccc3ccc(Cl)cc3n2)c1. The van der Waals surface area contributed by atoms with Gasteiger partial charge in [0.25, 0.3) is 0 Å². The van der Waals surface area contributed by atoms with Crippen LogP contribution in [0.3, 0.4) is 0 Å². The Bertz CT molecular complexity index is 1360. The van der Waals surface area contributed by atoms with Gasteiger partial charge in [-0.2, -0.15) is 0 Å². The standard InChI is InChI=1S/C30H28ClNO3/c1-2-26(30(34)35)27-9-4-3-7-21(27)13-17-29(33)23-8-5-6-20(18-23)10-15-25-16-12-22-11-14-24(31)19-28(22)32-25/h3-12,14-16,18-19,26,29,33H,2,13,17H2,1H3,(H,34,35)/b15-10+. The van der Waals surface area contributed by atoms with Gasteiger partial charge >= 0.3 is 5.97 Å². The van der Waals surface area contributed by atoms with E-state index in [4.69, 9.17) is 11.6 Å². The summed E-state index contributed by atoms with van der Waals surface area (Å²) in [6.07, 6.45) is 4.91. The smallest absolute Gasteiger partial charge is 0.310 e. The molecule has 0 saturated heterocycles. The number of aryl methyl sites for hydroxylation is 1. The summed E-state index contributed by atoms with van der Waals surface area (Å²) in [5.74, 6) is -1.35. The third kappa shape index (κ3) is 6.16. The average Bonchev–Trinajstić information content (AvgIpc) is 2.86. The molecule has 0 spiro atoms. The van der Waals surface area contributed by atoms with E-state index in [0.29, 0.717) is 24.3 Å². The van der Waals surface area contributed by atoms with Crippen LogP contribution in [0.5, 0.6) is 0 Å². The van der Waals surface area contributed by atoms with Crippen molar-refractivity contribution in [2.24, 2.45) is 0 Å². The molecule has 0 radical (unpaired) electrons. The highest BCUT2D eigenvalue weighted by Crippen LogP contribution is 2.27. The molecule has 178 valence electrons. The molecule has 35 heavy (non-hydrogen) atoms. The molecule has 4 rings (SSSR count). The minimum atomic E-state index is -0.816. The third-order valence-electron chi connectivity index (χ3n) is 6.24. The van der Waals surface area contributed by atoms with Gasteiger partial charge in [0, 0.05) is 10.4 Å². The normalized spacial score (nSPS) is 13.2. The predicted molar refractivity (Wildman–Crippen MR) is 143 cm³/mol. The number of aliphatic carboxylic acids is 1. The van der Waals surface area contributed by atoms with Gasteiger partial charge in [0.15, 0.2) is 0 Å². The lowest BCUT2D eigenvalue weighted by molar-refractivity contribution is -0.138. The molecular formula is C30H28ClNO3. The van der Waals surface area contributed by atoms with E-state index in [0.717, 1.165) is 38.9 Å². The molecule has 0 aliphatic rings. The molecule has 0 aliphatic carbocycles. The number of aliphatic hydroxyl groups excluding tert-OH is 1. The number of nitrogens with zero attached hydrogens (tertiary/aromatic N) is 1. The van der Waals surface area contributed by atoms with Gasteiger partial charge < -0.3 is 10.2 Å². The molecule has 3 aromatic carbocycles. The summed E-state index contributed by atoms with van der Waals surface area (Å²) >= 11 is 6.09. The van der Waals surface area contributed by atoms with Gasteiger partial charge in [0.1, 0.15) is 0 Å². The maximum absolute atomic E-state index is 11.7. The first-order valence-electron chi connectivity index (χ1n) is 11.8. The van der Waals surface area contributed by atoms with Crippen LogP contribution in [0.2, 0.25) is 5.02 Å². The van der Waals surface area contributed by atoms with Crippen LogP contribution in [0.25, 0.3) is 23.1 Å². The topological polar surface area (TPSA) is 70.4 Å². The van der Waals surface area contributed by atoms with Crippen molar-refractivity contribution in [3.63, 3.8) is 0 Å². The quantitative estimate of drug-likeness (QED) is 0.261. The minimum Gasteiger partial charge on any atom is -0.481 e. The molecule has 0 aliphatic heterocycles. The number of carboxylic acids is 1. The molecule has 0 amide bonds. The fourth-order valence-electron chi connectivity index (χ4n) is 4.34. The number of hydrogen-bond acceptors (Lipinski definition) is 3. The van der Waals surface area contributed by atoms with Crippen molar-refractivity contribution in [2.75, 3.05) is 0 Å². The number of halogens is 1. The first-order chi connectivity index (χ1) is 16.9. The van der Waals surface area contributed by atoms with Crippen LogP contribution in [0.1, 0.15) is 59.7 Å². The van der Waals surface area contributed by atoms with Gasteiger partial charge in [0.2, 0.25) is 0 Å². The van der Waals surface area contributed by atoms with Crippen molar-refractivity contribution in [1.29, 1.82) is 0 Å². The van der Waals surface area contributed by atoms with Gasteiger partial charge in [-0.3, -0.25) is 4.79 Å². The van der Waals surface area contributed by atoms with Crippen LogP contribution in [0, 0.1) is 0 Å². The number of aliphatic hydroxyl groups is 1. The van der Waals surface area contributed by atoms with Gasteiger partial charge in [-0.15, -0.1) is 0 Å². The monoisotopic (exact) mass is 485 g/mol. The summed E-state index contributed by atoms with van der Waals surface area (Å²) in [5, 5.41) is 22.1. The van der Waals surface area contributed by atoms with E-state index in [1.165, 1.54) is 0 Å². The Balaban J connectivity index is 1.46. The Morgan fingerprint density at radius 2 is 1.80 bits per heavy atom. The molecule has 2 N–H and O–H groups in total. The fourth-order valence-corrected chi connectivity index (χ4v) is 4.51. The molecule has 2 atom stereocenters. The van der Waals surface area contributed by atoms with Crippen molar-refractivity contribution in [3.8, 4) is 0 Å². The van der Waals surface area contributed by atoms with E-state index in [-0.39, 0.29) is 0 Å². The number of fused-ring (bicyclic) bond motifs is 1. The first kappa shape index (κ1) is 24.6. The second kappa shape index (κ2) is 11.3. The van der Waals surface area contributed by atoms with Crippen molar-refractivity contribution in [2.45, 2.75) is 38.2 Å². The molecule has 2 unspecified atom stereocenters. The van der Waals surface area contributed by atoms with E-state index in [1.54, 1.807) is 0 Å². The predicted octanol–water partition coefficient (Wildman–Crippen LogP) is 7.30. The maximum atomic E-state index is 11.7. The lowest BCUT2D eigenvalue weighted by Crippen LogP contribution is -2.13. The Hall–Kier alpha value is -3.47. The second-order valence-electron chi connectivity index (χ2n) is 8.63. The van der Waals surface area contributed by atoms with E-state index in [1.807, 2.05) is 97.9 Å². The van der Waals surface area contributed by atoms with Gasteiger partial charge in [-0.25, -0.2) is 4.98 Å². The molecule has 5 heteroatoms. The number of carbonyl (C=O) groups is 1. The van der Waals surface area contributed by atoms with Crippen LogP contribution in [-0.4, -0.2) is 21.2 Å². The number of aromatic nitrogens is 1. The van der Waals surface area contributed by atoms with Crippen LogP contribution >= 0.6 is 11.6 Å². The van der Waals surface area contributed by atoms with Crippen LogP contribution in [-0.2, 0) is 11.2 Å². The minimum absolute atomic E-state index is 0.507. The molecule has 0 fully saturated rings. The summed E-state index contributed by atoms with van der Waals surface area (Å²) in [5.41, 5.74) is 5.26. The molecule has 4 nitrogen and oxygen atoms in total. The Labute approximate surface area is 210 Å². The number of benzene rings is 3. The zero-order chi connectivity index (χ0) is 24.8. The fraction of sp³-hybridized carbons (Fsp3) is 0.200. The van der Waals surface area contributed by atoms with E-state index < -0.39 is 18.0 Å². The van der Waals surface area contributed by atoms with Gasteiger partial charge in [-0.05, 0) is 71.9 Å². The molecule has 0 bridgehead atoms. The summed E-state index contributed by atoms with van der Waals surface area (Å²) in [6, 6.07) is 25.0. The zero-order valence-corrected chi connectivity index (χ0v) is 20.3. The summed E-state index contributed by atoms with van der Waals surface area (Å²) < 4.78 is 0. The van der Waals surface area contributed by atoms with Crippen LogP contribution in [0.4, 0.5) is 0 Å². The first-order valence-corrected chi connectivity index (χ1v) is 12.2. The van der Waals surface area contributed by atoms with Crippen molar-refractivity contribution in [3.05, 3.63) is 112 Å². The second-order valence-corrected chi connectivity index (χ2v) is 9.07. The maximum Gasteiger partial charge on any atom is 0.310 e. The lowest BCUT2D eigenvalue weighted by Gasteiger charge is -2.17.